The van der Waals surface area contributed by atoms with E-state index in [0.29, 0.717) is 0 Å². The molecule has 240 valence electrons. The number of rotatable bonds is 1. The lowest BCUT2D eigenvalue weighted by atomic mass is 9.36. The Hall–Kier alpha value is -3.99. The predicted octanol–water partition coefficient (Wildman–Crippen LogP) is 9.49. The van der Waals surface area contributed by atoms with Gasteiger partial charge in [0.25, 0.3) is 0 Å². The van der Waals surface area contributed by atoms with Crippen LogP contribution >= 0.6 is 0 Å². The van der Waals surface area contributed by atoms with E-state index in [9.17, 15) is 0 Å². The number of hydrogen-bond donors (Lipinski definition) is 0. The largest absolute Gasteiger partial charge is 0.468 e. The fourth-order valence-electron chi connectivity index (χ4n) is 8.10. The van der Waals surface area contributed by atoms with Gasteiger partial charge in [-0.25, -0.2) is 4.98 Å². The topological polar surface area (TPSA) is 38.5 Å². The summed E-state index contributed by atoms with van der Waals surface area (Å²) in [6.45, 7) is 25.1. The Bertz CT molecular complexity index is 2100. The summed E-state index contributed by atoms with van der Waals surface area (Å²) in [7, 11) is 0. The maximum absolute atomic E-state index is 7.04. The normalized spacial score (nSPS) is 17.5. The van der Waals surface area contributed by atoms with Gasteiger partial charge in [-0.05, 0) is 99.5 Å². The monoisotopic (exact) mass is 622 g/mol. The van der Waals surface area contributed by atoms with E-state index in [1.165, 1.54) is 27.7 Å². The maximum Gasteiger partial charge on any atom is 0.303 e. The molecule has 0 spiro atoms. The highest BCUT2D eigenvalue weighted by molar-refractivity contribution is 6.98. The van der Waals surface area contributed by atoms with Crippen LogP contribution < -0.4 is 26.2 Å². The van der Waals surface area contributed by atoms with Gasteiger partial charge in [0.2, 0.25) is 0 Å². The summed E-state index contributed by atoms with van der Waals surface area (Å²) >= 11 is 0. The Morgan fingerprint density at radius 2 is 1.36 bits per heavy atom. The zero-order valence-electron chi connectivity index (χ0n) is 30.0. The van der Waals surface area contributed by atoms with Crippen molar-refractivity contribution in [3.63, 3.8) is 0 Å². The lowest BCUT2D eigenvalue weighted by Gasteiger charge is -2.43. The third-order valence-electron chi connectivity index (χ3n) is 11.2. The second kappa shape index (κ2) is 9.55. The Morgan fingerprint density at radius 1 is 0.745 bits per heavy atom. The van der Waals surface area contributed by atoms with Gasteiger partial charge in [0.15, 0.2) is 0 Å². The van der Waals surface area contributed by atoms with Crippen molar-refractivity contribution in [1.82, 2.24) is 4.98 Å². The van der Waals surface area contributed by atoms with Crippen LogP contribution in [0.15, 0.2) is 65.1 Å². The van der Waals surface area contributed by atoms with Crippen molar-refractivity contribution in [1.29, 1.82) is 0 Å². The van der Waals surface area contributed by atoms with Crippen LogP contribution in [0, 0.1) is 6.92 Å². The number of aromatic nitrogens is 1. The lowest BCUT2D eigenvalue weighted by Crippen LogP contribution is -2.59. The van der Waals surface area contributed by atoms with Gasteiger partial charge in [-0.3, -0.25) is 4.90 Å². The number of fused-ring (bicyclic) bond motifs is 7. The van der Waals surface area contributed by atoms with Crippen LogP contribution in [0.2, 0.25) is 0 Å². The van der Waals surface area contributed by atoms with Crippen LogP contribution in [0.25, 0.3) is 11.0 Å². The summed E-state index contributed by atoms with van der Waals surface area (Å²) in [5.74, 6) is 2.73. The molecule has 2 aromatic heterocycles. The van der Waals surface area contributed by atoms with Crippen molar-refractivity contribution >= 4 is 51.5 Å². The number of nitrogens with zero attached hydrogens (tertiary/aromatic N) is 2. The fourth-order valence-corrected chi connectivity index (χ4v) is 8.10. The second-order valence-electron chi connectivity index (χ2n) is 17.6. The summed E-state index contributed by atoms with van der Waals surface area (Å²) in [6, 6.07) is 22.6. The van der Waals surface area contributed by atoms with Gasteiger partial charge in [0, 0.05) is 28.3 Å². The molecule has 1 aliphatic carbocycles. The molecule has 0 bridgehead atoms. The van der Waals surface area contributed by atoms with E-state index in [1.807, 2.05) is 0 Å². The van der Waals surface area contributed by atoms with Gasteiger partial charge in [-0.2, -0.15) is 0 Å². The number of anilines is 3. The molecule has 3 aromatic carbocycles. The Kier molecular flexibility index (Phi) is 6.17. The molecule has 0 atom stereocenters. The first-order chi connectivity index (χ1) is 21.9. The lowest BCUT2D eigenvalue weighted by molar-refractivity contribution is 0.330. The van der Waals surface area contributed by atoms with E-state index in [0.717, 1.165) is 69.3 Å². The minimum Gasteiger partial charge on any atom is -0.468 e. The molecule has 0 amide bonds. The number of ether oxygens (including phenoxy) is 1. The Labute approximate surface area is 280 Å². The first-order valence-corrected chi connectivity index (χ1v) is 17.3. The van der Waals surface area contributed by atoms with Crippen molar-refractivity contribution in [2.45, 2.75) is 111 Å². The minimum absolute atomic E-state index is 0.00512. The highest BCUT2D eigenvalue weighted by atomic mass is 16.5. The molecule has 0 radical (unpaired) electrons. The molecule has 0 N–H and O–H groups in total. The van der Waals surface area contributed by atoms with Crippen molar-refractivity contribution in [3.05, 3.63) is 88.6 Å². The maximum atomic E-state index is 7.04. The molecule has 0 saturated carbocycles. The molecule has 5 aromatic rings. The smallest absolute Gasteiger partial charge is 0.303 e. The van der Waals surface area contributed by atoms with Crippen molar-refractivity contribution < 1.29 is 9.15 Å². The minimum atomic E-state index is -0.131. The number of hydrogen-bond acceptors (Lipinski definition) is 4. The first kappa shape index (κ1) is 30.4. The summed E-state index contributed by atoms with van der Waals surface area (Å²) in [5, 5.41) is 1.12. The number of pyridine rings is 1. The molecular weight excluding hydrogens is 575 g/mol. The van der Waals surface area contributed by atoms with Crippen LogP contribution in [0.5, 0.6) is 11.5 Å². The average Bonchev–Trinajstić information content (AvgIpc) is 3.36. The van der Waals surface area contributed by atoms with Crippen molar-refractivity contribution in [3.8, 4) is 11.5 Å². The fraction of sp³-hybridized carbons (Fsp3) is 0.405. The van der Waals surface area contributed by atoms with Gasteiger partial charge in [0.05, 0.1) is 5.69 Å². The third kappa shape index (κ3) is 4.52. The van der Waals surface area contributed by atoms with Crippen LogP contribution in [0.4, 0.5) is 17.2 Å². The molecule has 4 heterocycles. The van der Waals surface area contributed by atoms with Crippen LogP contribution in [-0.4, -0.2) is 11.7 Å². The summed E-state index contributed by atoms with van der Waals surface area (Å²) < 4.78 is 14.0. The summed E-state index contributed by atoms with van der Waals surface area (Å²) in [6.07, 6.45) is 2.31. The molecule has 0 unspecified atom stereocenters. The predicted molar refractivity (Wildman–Crippen MR) is 197 cm³/mol. The first-order valence-electron chi connectivity index (χ1n) is 17.3. The molecule has 0 saturated heterocycles. The highest BCUT2D eigenvalue weighted by Crippen LogP contribution is 2.49. The molecular formula is C42H47BN2O2. The Morgan fingerprint density at radius 3 is 2.00 bits per heavy atom. The number of benzene rings is 3. The van der Waals surface area contributed by atoms with Crippen molar-refractivity contribution in [2.24, 2.45) is 0 Å². The van der Waals surface area contributed by atoms with Crippen LogP contribution in [0.3, 0.4) is 0 Å². The zero-order valence-corrected chi connectivity index (χ0v) is 30.0. The highest BCUT2D eigenvalue weighted by Gasteiger charge is 2.48. The van der Waals surface area contributed by atoms with E-state index in [1.54, 1.807) is 0 Å². The second-order valence-corrected chi connectivity index (χ2v) is 17.6. The molecule has 8 rings (SSSR count). The SMILES string of the molecule is Cc1cc2c3c(n1)N(c1ccc(C(C)(C)C)cc1)c1c(oc4ccc(C(C)(C)C)cc14)B3c1cc3c(cc1O2)C(C)(C)CCC3(C)C. The van der Waals surface area contributed by atoms with Gasteiger partial charge >= 0.3 is 6.71 Å². The molecule has 0 fully saturated rings. The van der Waals surface area contributed by atoms with Gasteiger partial charge in [-0.1, -0.05) is 93.5 Å². The van der Waals surface area contributed by atoms with Crippen LogP contribution in [-0.2, 0) is 21.7 Å². The van der Waals surface area contributed by atoms with E-state index in [-0.39, 0.29) is 28.4 Å². The third-order valence-corrected chi connectivity index (χ3v) is 11.2. The van der Waals surface area contributed by atoms with Gasteiger partial charge in [0.1, 0.15) is 28.6 Å². The number of aryl methyl sites for hydroxylation is 1. The molecule has 2 aliphatic heterocycles. The molecule has 4 nitrogen and oxygen atoms in total. The van der Waals surface area contributed by atoms with E-state index in [4.69, 9.17) is 14.1 Å². The van der Waals surface area contributed by atoms with E-state index < -0.39 is 0 Å². The molecule has 3 aliphatic rings. The molecule has 47 heavy (non-hydrogen) atoms. The van der Waals surface area contributed by atoms with E-state index >= 15 is 0 Å². The standard InChI is InChI=1S/C42H47BN2O2/c1-24-20-34-35-38(44-24)45(27-15-12-25(13-16-27)39(2,3)4)36-28-21-26(40(5,6)7)14-17-32(28)47-37(36)43(35)31-22-29-30(23-33(31)46-34)42(10,11)19-18-41(29,8)9/h12-17,20-23H,18-19H2,1-11H3. The Balaban J connectivity index is 1.45. The zero-order chi connectivity index (χ0) is 33.4. The van der Waals surface area contributed by atoms with Crippen molar-refractivity contribution in [2.75, 3.05) is 4.90 Å². The quantitative estimate of drug-likeness (QED) is 0.171. The number of furan rings is 1. The van der Waals surface area contributed by atoms with E-state index in [2.05, 4.69) is 142 Å². The summed E-state index contributed by atoms with van der Waals surface area (Å²) in [4.78, 5) is 7.64. The van der Waals surface area contributed by atoms with Gasteiger partial charge < -0.3 is 9.15 Å². The van der Waals surface area contributed by atoms with Crippen LogP contribution in [0.1, 0.15) is 110 Å². The van der Waals surface area contributed by atoms with Gasteiger partial charge in [-0.15, -0.1) is 0 Å². The summed E-state index contributed by atoms with van der Waals surface area (Å²) in [5.41, 5.74) is 12.8. The average molecular weight is 623 g/mol. The molecule has 5 heteroatoms.